The van der Waals surface area contributed by atoms with E-state index in [1.807, 2.05) is 45.0 Å². The van der Waals surface area contributed by atoms with E-state index in [0.29, 0.717) is 11.9 Å². The number of nitrogens with zero attached hydrogens (tertiary/aromatic N) is 2. The molecule has 1 aliphatic rings. The highest BCUT2D eigenvalue weighted by Crippen LogP contribution is 2.29. The third-order valence-corrected chi connectivity index (χ3v) is 3.89. The van der Waals surface area contributed by atoms with E-state index in [1.165, 1.54) is 32.1 Å². The highest BCUT2D eigenvalue weighted by molar-refractivity contribution is 5.77. The van der Waals surface area contributed by atoms with Gasteiger partial charge in [0.1, 0.15) is 5.60 Å². The largest absolute Gasteiger partial charge is 0.469 e. The third-order valence-electron chi connectivity index (χ3n) is 3.89. The van der Waals surface area contributed by atoms with Gasteiger partial charge in [-0.05, 0) is 45.7 Å². The Morgan fingerprint density at radius 3 is 2.27 bits per heavy atom. The van der Waals surface area contributed by atoms with Crippen LogP contribution in [-0.4, -0.2) is 21.6 Å². The second-order valence-electron chi connectivity index (χ2n) is 7.06. The zero-order chi connectivity index (χ0) is 15.6. The fraction of sp³-hybridized carbons (Fsp3) is 0.556. The molecule has 1 heterocycles. The van der Waals surface area contributed by atoms with Crippen LogP contribution in [0.25, 0.3) is 11.0 Å². The molecule has 0 unspecified atom stereocenters. The molecule has 1 aromatic heterocycles. The SMILES string of the molecule is CC(C)(C)Oc1nc2ccccc2nc1NC1CCCCC1. The van der Waals surface area contributed by atoms with Gasteiger partial charge in [0.05, 0.1) is 11.0 Å². The van der Waals surface area contributed by atoms with E-state index in [0.717, 1.165) is 16.9 Å². The van der Waals surface area contributed by atoms with Crippen LogP contribution in [0.4, 0.5) is 5.82 Å². The molecule has 1 fully saturated rings. The first kappa shape index (κ1) is 15.1. The van der Waals surface area contributed by atoms with Crippen LogP contribution in [-0.2, 0) is 0 Å². The highest BCUT2D eigenvalue weighted by Gasteiger charge is 2.21. The molecule has 0 aliphatic heterocycles. The van der Waals surface area contributed by atoms with Gasteiger partial charge >= 0.3 is 0 Å². The summed E-state index contributed by atoms with van der Waals surface area (Å²) < 4.78 is 6.05. The first-order valence-corrected chi connectivity index (χ1v) is 8.24. The molecular weight excluding hydrogens is 274 g/mol. The van der Waals surface area contributed by atoms with Gasteiger partial charge in [0.2, 0.25) is 0 Å². The summed E-state index contributed by atoms with van der Waals surface area (Å²) in [6.07, 6.45) is 6.31. The summed E-state index contributed by atoms with van der Waals surface area (Å²) in [7, 11) is 0. The zero-order valence-corrected chi connectivity index (χ0v) is 13.7. The van der Waals surface area contributed by atoms with Gasteiger partial charge in [0.15, 0.2) is 5.82 Å². The van der Waals surface area contributed by atoms with Crippen LogP contribution in [0.5, 0.6) is 5.88 Å². The number of benzene rings is 1. The summed E-state index contributed by atoms with van der Waals surface area (Å²) >= 11 is 0. The Morgan fingerprint density at radius 1 is 1.00 bits per heavy atom. The van der Waals surface area contributed by atoms with Crippen LogP contribution in [0.2, 0.25) is 0 Å². The number of para-hydroxylation sites is 2. The Labute approximate surface area is 132 Å². The third kappa shape index (κ3) is 3.67. The normalized spacial score (nSPS) is 16.7. The number of hydrogen-bond donors (Lipinski definition) is 1. The first-order valence-electron chi connectivity index (χ1n) is 8.24. The quantitative estimate of drug-likeness (QED) is 0.903. The first-order chi connectivity index (χ1) is 10.5. The summed E-state index contributed by atoms with van der Waals surface area (Å²) in [6, 6.07) is 8.42. The van der Waals surface area contributed by atoms with Crippen LogP contribution in [0.1, 0.15) is 52.9 Å². The van der Waals surface area contributed by atoms with Crippen LogP contribution >= 0.6 is 0 Å². The molecule has 0 saturated heterocycles. The number of aromatic nitrogens is 2. The van der Waals surface area contributed by atoms with Crippen LogP contribution in [0, 0.1) is 0 Å². The lowest BCUT2D eigenvalue weighted by atomic mass is 9.95. The van der Waals surface area contributed by atoms with Gasteiger partial charge in [0, 0.05) is 6.04 Å². The molecule has 0 spiro atoms. The zero-order valence-electron chi connectivity index (χ0n) is 13.7. The number of rotatable bonds is 3. The number of hydrogen-bond acceptors (Lipinski definition) is 4. The fourth-order valence-electron chi connectivity index (χ4n) is 2.88. The summed E-state index contributed by atoms with van der Waals surface area (Å²) in [4.78, 5) is 9.43. The molecular formula is C18H25N3O. The molecule has 0 amide bonds. The summed E-state index contributed by atoms with van der Waals surface area (Å²) in [5.74, 6) is 1.39. The smallest absolute Gasteiger partial charge is 0.258 e. The van der Waals surface area contributed by atoms with E-state index in [1.54, 1.807) is 0 Å². The Morgan fingerprint density at radius 2 is 1.64 bits per heavy atom. The van der Waals surface area contributed by atoms with E-state index in [-0.39, 0.29) is 5.60 Å². The maximum Gasteiger partial charge on any atom is 0.258 e. The maximum absolute atomic E-state index is 6.05. The van der Waals surface area contributed by atoms with E-state index in [9.17, 15) is 0 Å². The minimum atomic E-state index is -0.292. The van der Waals surface area contributed by atoms with Gasteiger partial charge in [-0.3, -0.25) is 0 Å². The van der Waals surface area contributed by atoms with Gasteiger partial charge in [-0.15, -0.1) is 0 Å². The minimum Gasteiger partial charge on any atom is -0.469 e. The van der Waals surface area contributed by atoms with Crippen molar-refractivity contribution in [2.24, 2.45) is 0 Å². The predicted molar refractivity (Wildman–Crippen MR) is 90.4 cm³/mol. The van der Waals surface area contributed by atoms with Gasteiger partial charge in [0.25, 0.3) is 5.88 Å². The molecule has 4 nitrogen and oxygen atoms in total. The van der Waals surface area contributed by atoms with Gasteiger partial charge < -0.3 is 10.1 Å². The summed E-state index contributed by atoms with van der Waals surface area (Å²) in [5, 5.41) is 3.57. The van der Waals surface area contributed by atoms with Crippen molar-refractivity contribution in [1.29, 1.82) is 0 Å². The van der Waals surface area contributed by atoms with E-state index >= 15 is 0 Å². The standard InChI is InChI=1S/C18H25N3O/c1-18(2,3)22-17-16(19-13-9-5-4-6-10-13)20-14-11-7-8-12-15(14)21-17/h7-8,11-13H,4-6,9-10H2,1-3H3,(H,19,20). The van der Waals surface area contributed by atoms with Crippen molar-refractivity contribution in [2.45, 2.75) is 64.5 Å². The molecule has 1 aliphatic carbocycles. The fourth-order valence-corrected chi connectivity index (χ4v) is 2.88. The predicted octanol–water partition coefficient (Wildman–Crippen LogP) is 4.55. The van der Waals surface area contributed by atoms with Crippen molar-refractivity contribution in [2.75, 3.05) is 5.32 Å². The topological polar surface area (TPSA) is 47.0 Å². The maximum atomic E-state index is 6.05. The van der Waals surface area contributed by atoms with E-state index in [4.69, 9.17) is 9.72 Å². The number of nitrogens with one attached hydrogen (secondary N) is 1. The molecule has 22 heavy (non-hydrogen) atoms. The van der Waals surface area contributed by atoms with Gasteiger partial charge in [-0.1, -0.05) is 31.4 Å². The van der Waals surface area contributed by atoms with E-state index in [2.05, 4.69) is 10.3 Å². The molecule has 1 aromatic carbocycles. The molecule has 118 valence electrons. The van der Waals surface area contributed by atoms with Gasteiger partial charge in [-0.2, -0.15) is 0 Å². The Balaban J connectivity index is 1.95. The van der Waals surface area contributed by atoms with Crippen molar-refractivity contribution >= 4 is 16.9 Å². The Kier molecular flexibility index (Phi) is 4.19. The van der Waals surface area contributed by atoms with Crippen LogP contribution < -0.4 is 10.1 Å². The molecule has 2 aromatic rings. The number of anilines is 1. The minimum absolute atomic E-state index is 0.292. The van der Waals surface area contributed by atoms with Crippen LogP contribution in [0.15, 0.2) is 24.3 Å². The molecule has 0 atom stereocenters. The average Bonchev–Trinajstić information content (AvgIpc) is 2.47. The van der Waals surface area contributed by atoms with Crippen molar-refractivity contribution in [3.8, 4) is 5.88 Å². The van der Waals surface area contributed by atoms with Crippen molar-refractivity contribution in [3.05, 3.63) is 24.3 Å². The summed E-state index contributed by atoms with van der Waals surface area (Å²) in [5.41, 5.74) is 1.48. The average molecular weight is 299 g/mol. The van der Waals surface area contributed by atoms with Crippen molar-refractivity contribution < 1.29 is 4.74 Å². The second-order valence-corrected chi connectivity index (χ2v) is 7.06. The van der Waals surface area contributed by atoms with Crippen LogP contribution in [0.3, 0.4) is 0 Å². The number of ether oxygens (including phenoxy) is 1. The Hall–Kier alpha value is -1.84. The molecule has 3 rings (SSSR count). The highest BCUT2D eigenvalue weighted by atomic mass is 16.5. The lowest BCUT2D eigenvalue weighted by Gasteiger charge is -2.26. The lowest BCUT2D eigenvalue weighted by Crippen LogP contribution is -2.27. The lowest BCUT2D eigenvalue weighted by molar-refractivity contribution is 0.125. The molecule has 0 bridgehead atoms. The Bertz CT molecular complexity index is 642. The molecule has 1 saturated carbocycles. The summed E-state index contributed by atoms with van der Waals surface area (Å²) in [6.45, 7) is 6.11. The monoisotopic (exact) mass is 299 g/mol. The molecule has 0 radical (unpaired) electrons. The van der Waals surface area contributed by atoms with Crippen molar-refractivity contribution in [1.82, 2.24) is 9.97 Å². The number of fused-ring (bicyclic) bond motifs is 1. The van der Waals surface area contributed by atoms with E-state index < -0.39 is 0 Å². The van der Waals surface area contributed by atoms with Crippen molar-refractivity contribution in [3.63, 3.8) is 0 Å². The molecule has 4 heteroatoms. The second kappa shape index (κ2) is 6.11. The van der Waals surface area contributed by atoms with Gasteiger partial charge in [-0.25, -0.2) is 9.97 Å². The molecule has 1 N–H and O–H groups in total.